The van der Waals surface area contributed by atoms with Gasteiger partial charge in [0, 0.05) is 24.3 Å². The number of likely N-dealkylation sites (N-methyl/N-ethyl adjacent to an activating group) is 1. The van der Waals surface area contributed by atoms with Crippen molar-refractivity contribution in [1.82, 2.24) is 24.5 Å². The Balaban J connectivity index is 2.25. The lowest BCUT2D eigenvalue weighted by Crippen LogP contribution is -2.34. The van der Waals surface area contributed by atoms with Crippen molar-refractivity contribution in [3.63, 3.8) is 0 Å². The number of hydrogen-bond acceptors (Lipinski definition) is 5. The molecule has 6 nitrogen and oxygen atoms in total. The Morgan fingerprint density at radius 2 is 2.10 bits per heavy atom. The summed E-state index contributed by atoms with van der Waals surface area (Å²) in [4.78, 5) is 10.7. The molecule has 0 radical (unpaired) electrons. The standard InChI is InChI=1S/C14H24N6/c1-10(2)6-12(8-19(4)5)18-13-7-11(3)17-14-15-9-16-20(13)14/h7,9-10,12,18H,6,8H2,1-5H3. The number of nitrogens with one attached hydrogen (secondary N) is 1. The molecule has 2 aromatic rings. The SMILES string of the molecule is Cc1cc(NC(CC(C)C)CN(C)C)n2ncnc2n1. The molecule has 20 heavy (non-hydrogen) atoms. The average Bonchev–Trinajstić information content (AvgIpc) is 2.74. The smallest absolute Gasteiger partial charge is 0.254 e. The molecule has 110 valence electrons. The minimum Gasteiger partial charge on any atom is -0.366 e. The van der Waals surface area contributed by atoms with Crippen molar-refractivity contribution in [2.45, 2.75) is 33.2 Å². The molecule has 0 aromatic carbocycles. The number of aryl methyl sites for hydroxylation is 1. The van der Waals surface area contributed by atoms with Crippen LogP contribution in [-0.4, -0.2) is 51.2 Å². The van der Waals surface area contributed by atoms with Crippen LogP contribution in [0.15, 0.2) is 12.4 Å². The Morgan fingerprint density at radius 1 is 1.35 bits per heavy atom. The van der Waals surface area contributed by atoms with E-state index in [9.17, 15) is 0 Å². The molecule has 0 aliphatic rings. The molecule has 1 atom stereocenters. The van der Waals surface area contributed by atoms with Crippen molar-refractivity contribution < 1.29 is 0 Å². The molecular formula is C14H24N6. The van der Waals surface area contributed by atoms with E-state index in [-0.39, 0.29) is 0 Å². The molecule has 2 rings (SSSR count). The average molecular weight is 276 g/mol. The zero-order chi connectivity index (χ0) is 14.7. The fraction of sp³-hybridized carbons (Fsp3) is 0.643. The van der Waals surface area contributed by atoms with Crippen LogP contribution in [0, 0.1) is 12.8 Å². The molecule has 0 saturated heterocycles. The quantitative estimate of drug-likeness (QED) is 0.872. The van der Waals surface area contributed by atoms with Crippen molar-refractivity contribution in [2.24, 2.45) is 5.92 Å². The molecule has 0 aliphatic carbocycles. The topological polar surface area (TPSA) is 58.4 Å². The van der Waals surface area contributed by atoms with Crippen molar-refractivity contribution in [1.29, 1.82) is 0 Å². The van der Waals surface area contributed by atoms with E-state index in [2.05, 4.69) is 53.2 Å². The van der Waals surface area contributed by atoms with Gasteiger partial charge in [-0.25, -0.2) is 4.98 Å². The number of fused-ring (bicyclic) bond motifs is 1. The predicted molar refractivity (Wildman–Crippen MR) is 80.9 cm³/mol. The zero-order valence-corrected chi connectivity index (χ0v) is 13.0. The van der Waals surface area contributed by atoms with E-state index in [0.717, 1.165) is 24.5 Å². The van der Waals surface area contributed by atoms with E-state index in [1.807, 2.05) is 13.0 Å². The maximum atomic E-state index is 4.36. The molecule has 0 fully saturated rings. The van der Waals surface area contributed by atoms with Gasteiger partial charge in [0.25, 0.3) is 5.78 Å². The second kappa shape index (κ2) is 6.17. The summed E-state index contributed by atoms with van der Waals surface area (Å²) in [5.74, 6) is 2.24. The van der Waals surface area contributed by atoms with Crippen LogP contribution in [0.3, 0.4) is 0 Å². The van der Waals surface area contributed by atoms with E-state index in [0.29, 0.717) is 17.7 Å². The Kier molecular flexibility index (Phi) is 4.54. The summed E-state index contributed by atoms with van der Waals surface area (Å²) in [6.07, 6.45) is 2.64. The van der Waals surface area contributed by atoms with Gasteiger partial charge in [-0.1, -0.05) is 13.8 Å². The van der Waals surface area contributed by atoms with Crippen molar-refractivity contribution >= 4 is 11.6 Å². The lowest BCUT2D eigenvalue weighted by Gasteiger charge is -2.25. The fourth-order valence-electron chi connectivity index (χ4n) is 2.43. The van der Waals surface area contributed by atoms with Gasteiger partial charge in [0.05, 0.1) is 0 Å². The van der Waals surface area contributed by atoms with Gasteiger partial charge in [-0.15, -0.1) is 0 Å². The summed E-state index contributed by atoms with van der Waals surface area (Å²) in [6.45, 7) is 7.44. The first kappa shape index (κ1) is 14.7. The van der Waals surface area contributed by atoms with E-state index in [1.165, 1.54) is 6.33 Å². The highest BCUT2D eigenvalue weighted by molar-refractivity contribution is 5.45. The molecule has 0 saturated carbocycles. The second-order valence-corrected chi connectivity index (χ2v) is 5.99. The van der Waals surface area contributed by atoms with Gasteiger partial charge in [-0.05, 0) is 33.4 Å². The molecule has 1 unspecified atom stereocenters. The van der Waals surface area contributed by atoms with Crippen molar-refractivity contribution in [3.8, 4) is 0 Å². The lowest BCUT2D eigenvalue weighted by atomic mass is 10.0. The van der Waals surface area contributed by atoms with Crippen LogP contribution in [0.25, 0.3) is 5.78 Å². The van der Waals surface area contributed by atoms with Gasteiger partial charge in [-0.3, -0.25) is 0 Å². The molecule has 0 aliphatic heterocycles. The van der Waals surface area contributed by atoms with Crippen LogP contribution in [-0.2, 0) is 0 Å². The molecule has 2 aromatic heterocycles. The highest BCUT2D eigenvalue weighted by atomic mass is 15.4. The zero-order valence-electron chi connectivity index (χ0n) is 13.0. The van der Waals surface area contributed by atoms with Gasteiger partial charge in [0.15, 0.2) is 0 Å². The molecule has 2 heterocycles. The number of rotatable bonds is 6. The van der Waals surface area contributed by atoms with Crippen LogP contribution in [0.1, 0.15) is 26.0 Å². The van der Waals surface area contributed by atoms with E-state index < -0.39 is 0 Å². The van der Waals surface area contributed by atoms with Gasteiger partial charge in [0.1, 0.15) is 12.1 Å². The first-order valence-electron chi connectivity index (χ1n) is 7.04. The lowest BCUT2D eigenvalue weighted by molar-refractivity contribution is 0.355. The van der Waals surface area contributed by atoms with Gasteiger partial charge in [-0.2, -0.15) is 14.6 Å². The third kappa shape index (κ3) is 3.66. The summed E-state index contributed by atoms with van der Waals surface area (Å²) in [6, 6.07) is 2.39. The third-order valence-electron chi connectivity index (χ3n) is 3.07. The summed E-state index contributed by atoms with van der Waals surface area (Å²) >= 11 is 0. The molecule has 0 spiro atoms. The molecule has 0 bridgehead atoms. The Morgan fingerprint density at radius 3 is 2.75 bits per heavy atom. The monoisotopic (exact) mass is 276 g/mol. The Bertz CT molecular complexity index is 550. The van der Waals surface area contributed by atoms with Gasteiger partial charge >= 0.3 is 0 Å². The Labute approximate surface area is 120 Å². The van der Waals surface area contributed by atoms with E-state index in [4.69, 9.17) is 0 Å². The largest absolute Gasteiger partial charge is 0.366 e. The summed E-state index contributed by atoms with van der Waals surface area (Å²) < 4.78 is 1.76. The van der Waals surface area contributed by atoms with Gasteiger partial charge < -0.3 is 10.2 Å². The molecule has 1 N–H and O–H groups in total. The van der Waals surface area contributed by atoms with Crippen LogP contribution >= 0.6 is 0 Å². The number of nitrogens with zero attached hydrogens (tertiary/aromatic N) is 5. The van der Waals surface area contributed by atoms with E-state index >= 15 is 0 Å². The molecule has 6 heteroatoms. The summed E-state index contributed by atoms with van der Waals surface area (Å²) in [7, 11) is 4.19. The normalized spacial score (nSPS) is 13.3. The molecular weight excluding hydrogens is 252 g/mol. The highest BCUT2D eigenvalue weighted by Gasteiger charge is 2.14. The number of hydrogen-bond donors (Lipinski definition) is 1. The van der Waals surface area contributed by atoms with Crippen LogP contribution in [0.2, 0.25) is 0 Å². The maximum Gasteiger partial charge on any atom is 0.254 e. The third-order valence-corrected chi connectivity index (χ3v) is 3.07. The minimum atomic E-state index is 0.374. The highest BCUT2D eigenvalue weighted by Crippen LogP contribution is 2.15. The van der Waals surface area contributed by atoms with Gasteiger partial charge in [0.2, 0.25) is 0 Å². The maximum absolute atomic E-state index is 4.36. The Hall–Kier alpha value is -1.69. The number of anilines is 1. The molecule has 0 amide bonds. The fourth-order valence-corrected chi connectivity index (χ4v) is 2.43. The van der Waals surface area contributed by atoms with Crippen LogP contribution in [0.5, 0.6) is 0 Å². The first-order chi connectivity index (χ1) is 9.45. The predicted octanol–water partition coefficient (Wildman–Crippen LogP) is 1.82. The van der Waals surface area contributed by atoms with E-state index in [1.54, 1.807) is 4.52 Å². The number of aromatic nitrogens is 4. The summed E-state index contributed by atoms with van der Waals surface area (Å²) in [5, 5.41) is 7.83. The van der Waals surface area contributed by atoms with Crippen molar-refractivity contribution in [2.75, 3.05) is 26.0 Å². The van der Waals surface area contributed by atoms with Crippen LogP contribution in [0.4, 0.5) is 5.82 Å². The summed E-state index contributed by atoms with van der Waals surface area (Å²) in [5.41, 5.74) is 0.946. The first-order valence-corrected chi connectivity index (χ1v) is 7.04. The van der Waals surface area contributed by atoms with Crippen molar-refractivity contribution in [3.05, 3.63) is 18.1 Å². The minimum absolute atomic E-state index is 0.374. The van der Waals surface area contributed by atoms with Crippen LogP contribution < -0.4 is 5.32 Å². The second-order valence-electron chi connectivity index (χ2n) is 5.99.